The van der Waals surface area contributed by atoms with Crippen molar-refractivity contribution in [2.45, 2.75) is 6.42 Å². The molecule has 0 fully saturated rings. The summed E-state index contributed by atoms with van der Waals surface area (Å²) in [6.45, 7) is 0.272. The summed E-state index contributed by atoms with van der Waals surface area (Å²) in [7, 11) is 1.32. The predicted octanol–water partition coefficient (Wildman–Crippen LogP) is 2.14. The number of carbonyl (C=O) groups is 2. The third-order valence-corrected chi connectivity index (χ3v) is 2.63. The molecule has 0 radical (unpaired) electrons. The standard InChI is InChI=1S/C13H14BrNO3/c1-18-13(17)7-8-15-12(16)6-5-10-3-2-4-11(14)9-10/h2-6,9H,7-8H2,1H3,(H,15,16). The highest BCUT2D eigenvalue weighted by Gasteiger charge is 2.00. The van der Waals surface area contributed by atoms with Crippen molar-refractivity contribution in [3.8, 4) is 0 Å². The van der Waals surface area contributed by atoms with Crippen molar-refractivity contribution >= 4 is 33.9 Å². The third kappa shape index (κ3) is 5.63. The van der Waals surface area contributed by atoms with E-state index in [9.17, 15) is 9.59 Å². The maximum Gasteiger partial charge on any atom is 0.307 e. The van der Waals surface area contributed by atoms with Crippen LogP contribution < -0.4 is 5.32 Å². The molecule has 0 aromatic heterocycles. The topological polar surface area (TPSA) is 55.4 Å². The molecule has 1 aromatic rings. The highest BCUT2D eigenvalue weighted by Crippen LogP contribution is 2.12. The fourth-order valence-electron chi connectivity index (χ4n) is 1.23. The summed E-state index contributed by atoms with van der Waals surface area (Å²) in [5.41, 5.74) is 0.924. The van der Waals surface area contributed by atoms with Gasteiger partial charge in [-0.1, -0.05) is 28.1 Å². The summed E-state index contributed by atoms with van der Waals surface area (Å²) < 4.78 is 5.42. The van der Waals surface area contributed by atoms with E-state index in [0.29, 0.717) is 0 Å². The molecule has 4 nitrogen and oxygen atoms in total. The SMILES string of the molecule is COC(=O)CCNC(=O)C=Cc1cccc(Br)c1. The molecular weight excluding hydrogens is 298 g/mol. The number of hydrogen-bond acceptors (Lipinski definition) is 3. The number of ether oxygens (including phenoxy) is 1. The van der Waals surface area contributed by atoms with Gasteiger partial charge in [-0.25, -0.2) is 0 Å². The number of carbonyl (C=O) groups excluding carboxylic acids is 2. The third-order valence-electron chi connectivity index (χ3n) is 2.13. The van der Waals surface area contributed by atoms with Gasteiger partial charge in [0.05, 0.1) is 13.5 Å². The van der Waals surface area contributed by atoms with Gasteiger partial charge < -0.3 is 10.1 Å². The molecule has 5 heteroatoms. The predicted molar refractivity (Wildman–Crippen MR) is 72.8 cm³/mol. The summed E-state index contributed by atoms with van der Waals surface area (Å²) in [5.74, 6) is -0.579. The van der Waals surface area contributed by atoms with Crippen molar-refractivity contribution in [3.05, 3.63) is 40.4 Å². The zero-order chi connectivity index (χ0) is 13.4. The maximum atomic E-state index is 11.4. The Morgan fingerprint density at radius 3 is 2.89 bits per heavy atom. The van der Waals surface area contributed by atoms with Crippen molar-refractivity contribution in [2.24, 2.45) is 0 Å². The molecule has 0 heterocycles. The molecule has 0 bridgehead atoms. The monoisotopic (exact) mass is 311 g/mol. The van der Waals surface area contributed by atoms with Crippen molar-refractivity contribution in [3.63, 3.8) is 0 Å². The van der Waals surface area contributed by atoms with Gasteiger partial charge in [0, 0.05) is 17.1 Å². The second kappa shape index (κ2) is 7.66. The van der Waals surface area contributed by atoms with Crippen molar-refractivity contribution in [1.82, 2.24) is 5.32 Å². The van der Waals surface area contributed by atoms with E-state index in [0.717, 1.165) is 10.0 Å². The Labute approximate surface area is 114 Å². The van der Waals surface area contributed by atoms with Crippen LogP contribution in [0.1, 0.15) is 12.0 Å². The van der Waals surface area contributed by atoms with Gasteiger partial charge in [0.25, 0.3) is 0 Å². The van der Waals surface area contributed by atoms with Crippen LogP contribution in [-0.2, 0) is 14.3 Å². The van der Waals surface area contributed by atoms with Gasteiger partial charge in [0.2, 0.25) is 5.91 Å². The lowest BCUT2D eigenvalue weighted by Crippen LogP contribution is -2.24. The van der Waals surface area contributed by atoms with E-state index < -0.39 is 0 Å². The molecule has 0 spiro atoms. The maximum absolute atomic E-state index is 11.4. The van der Waals surface area contributed by atoms with Crippen LogP contribution in [0.4, 0.5) is 0 Å². The van der Waals surface area contributed by atoms with Gasteiger partial charge in [0.1, 0.15) is 0 Å². The molecule has 0 unspecified atom stereocenters. The summed E-state index contributed by atoms with van der Waals surface area (Å²) >= 11 is 3.35. The fourth-order valence-corrected chi connectivity index (χ4v) is 1.65. The first kappa shape index (κ1) is 14.4. The second-order valence-corrected chi connectivity index (χ2v) is 4.42. The number of halogens is 1. The Balaban J connectivity index is 2.38. The number of amides is 1. The quantitative estimate of drug-likeness (QED) is 0.669. The van der Waals surface area contributed by atoms with E-state index in [-0.39, 0.29) is 24.8 Å². The average molecular weight is 312 g/mol. The molecular formula is C13H14BrNO3. The molecule has 1 N–H and O–H groups in total. The largest absolute Gasteiger partial charge is 0.469 e. The summed E-state index contributed by atoms with van der Waals surface area (Å²) in [4.78, 5) is 22.2. The molecule has 0 aliphatic heterocycles. The van der Waals surface area contributed by atoms with E-state index in [2.05, 4.69) is 26.0 Å². The highest BCUT2D eigenvalue weighted by atomic mass is 79.9. The lowest BCUT2D eigenvalue weighted by Gasteiger charge is -2.00. The van der Waals surface area contributed by atoms with E-state index in [4.69, 9.17) is 0 Å². The van der Waals surface area contributed by atoms with Crippen LogP contribution in [0.2, 0.25) is 0 Å². The van der Waals surface area contributed by atoms with Gasteiger partial charge in [-0.05, 0) is 23.8 Å². The number of rotatable bonds is 5. The van der Waals surface area contributed by atoms with E-state index >= 15 is 0 Å². The van der Waals surface area contributed by atoms with Crippen LogP contribution >= 0.6 is 15.9 Å². The van der Waals surface area contributed by atoms with E-state index in [1.54, 1.807) is 6.08 Å². The van der Waals surface area contributed by atoms with Crippen LogP contribution in [0.15, 0.2) is 34.8 Å². The Hall–Kier alpha value is -1.62. The lowest BCUT2D eigenvalue weighted by molar-refractivity contribution is -0.140. The van der Waals surface area contributed by atoms with Gasteiger partial charge in [-0.3, -0.25) is 9.59 Å². The number of methoxy groups -OCH3 is 1. The minimum absolute atomic E-state index is 0.174. The molecule has 1 amide bonds. The number of benzene rings is 1. The molecule has 0 saturated carbocycles. The molecule has 1 rings (SSSR count). The van der Waals surface area contributed by atoms with Crippen molar-refractivity contribution < 1.29 is 14.3 Å². The smallest absolute Gasteiger partial charge is 0.307 e. The summed E-state index contributed by atoms with van der Waals surface area (Å²) in [5, 5.41) is 2.59. The second-order valence-electron chi connectivity index (χ2n) is 3.51. The van der Waals surface area contributed by atoms with Crippen molar-refractivity contribution in [2.75, 3.05) is 13.7 Å². The first-order valence-electron chi connectivity index (χ1n) is 5.40. The normalized spacial score (nSPS) is 10.3. The van der Waals surface area contributed by atoms with Crippen LogP contribution in [0.5, 0.6) is 0 Å². The van der Waals surface area contributed by atoms with Crippen molar-refractivity contribution in [1.29, 1.82) is 0 Å². The Morgan fingerprint density at radius 1 is 1.44 bits per heavy atom. The summed E-state index contributed by atoms with van der Waals surface area (Å²) in [6.07, 6.45) is 3.31. The van der Waals surface area contributed by atoms with Gasteiger partial charge in [-0.15, -0.1) is 0 Å². The van der Waals surface area contributed by atoms with Gasteiger partial charge in [0.15, 0.2) is 0 Å². The number of esters is 1. The van der Waals surface area contributed by atoms with Crippen LogP contribution in [0.3, 0.4) is 0 Å². The number of nitrogens with one attached hydrogen (secondary N) is 1. The summed E-state index contributed by atoms with van der Waals surface area (Å²) in [6, 6.07) is 7.59. The van der Waals surface area contributed by atoms with Crippen LogP contribution in [0.25, 0.3) is 6.08 Å². The molecule has 0 saturated heterocycles. The molecule has 0 aliphatic carbocycles. The minimum Gasteiger partial charge on any atom is -0.469 e. The molecule has 1 aromatic carbocycles. The average Bonchev–Trinajstić information content (AvgIpc) is 2.36. The molecule has 0 aliphatic rings. The Kier molecular flexibility index (Phi) is 6.14. The minimum atomic E-state index is -0.341. The zero-order valence-electron chi connectivity index (χ0n) is 9.98. The molecule has 18 heavy (non-hydrogen) atoms. The Bertz CT molecular complexity index is 457. The molecule has 0 atom stereocenters. The van der Waals surface area contributed by atoms with Gasteiger partial charge in [-0.2, -0.15) is 0 Å². The van der Waals surface area contributed by atoms with E-state index in [1.807, 2.05) is 24.3 Å². The van der Waals surface area contributed by atoms with Gasteiger partial charge >= 0.3 is 5.97 Å². The fraction of sp³-hybridized carbons (Fsp3) is 0.231. The first-order valence-corrected chi connectivity index (χ1v) is 6.19. The van der Waals surface area contributed by atoms with Crippen LogP contribution in [0, 0.1) is 0 Å². The van der Waals surface area contributed by atoms with Crippen LogP contribution in [-0.4, -0.2) is 25.5 Å². The molecule has 96 valence electrons. The highest BCUT2D eigenvalue weighted by molar-refractivity contribution is 9.10. The zero-order valence-corrected chi connectivity index (χ0v) is 11.6. The first-order chi connectivity index (χ1) is 8.61. The number of hydrogen-bond donors (Lipinski definition) is 1. The Morgan fingerprint density at radius 2 is 2.22 bits per heavy atom. The van der Waals surface area contributed by atoms with E-state index in [1.165, 1.54) is 13.2 Å². The lowest BCUT2D eigenvalue weighted by atomic mass is 10.2.